The molecule has 0 aromatic heterocycles. The Morgan fingerprint density at radius 1 is 1.24 bits per heavy atom. The topological polar surface area (TPSA) is 75.6 Å². The third-order valence-corrected chi connectivity index (χ3v) is 4.16. The van der Waals surface area contributed by atoms with Gasteiger partial charge < -0.3 is 35.0 Å². The number of methoxy groups -OCH3 is 1. The summed E-state index contributed by atoms with van der Waals surface area (Å²) in [5.74, 6) is 0. The molecule has 0 amide bonds. The van der Waals surface area contributed by atoms with Crippen LogP contribution in [0.4, 0.5) is 0 Å². The Bertz CT molecular complexity index is 509. The van der Waals surface area contributed by atoms with Crippen LogP contribution in [-0.4, -0.2) is 62.9 Å². The number of hydrogen-bond acceptors (Lipinski definition) is 7. The van der Waals surface area contributed by atoms with Gasteiger partial charge in [0.05, 0.1) is 6.61 Å². The van der Waals surface area contributed by atoms with E-state index in [1.54, 1.807) is 0 Å². The van der Waals surface area contributed by atoms with E-state index >= 15 is 0 Å². The van der Waals surface area contributed by atoms with Crippen LogP contribution in [0.1, 0.15) is 20.2 Å². The summed E-state index contributed by atoms with van der Waals surface area (Å²) in [6.45, 7) is 2.79. The summed E-state index contributed by atoms with van der Waals surface area (Å²) in [5, 5.41) is 10.5. The van der Waals surface area contributed by atoms with E-state index in [0.717, 1.165) is 5.56 Å². The Kier molecular flexibility index (Phi) is 8.77. The van der Waals surface area contributed by atoms with Crippen LogP contribution in [-0.2, 0) is 28.4 Å². The van der Waals surface area contributed by atoms with Crippen LogP contribution in [0.3, 0.4) is 0 Å². The van der Waals surface area contributed by atoms with E-state index in [4.69, 9.17) is 28.4 Å². The fourth-order valence-corrected chi connectivity index (χ4v) is 2.94. The summed E-state index contributed by atoms with van der Waals surface area (Å²) in [4.78, 5) is 0. The zero-order chi connectivity index (χ0) is 16.9. The first-order chi connectivity index (χ1) is 11.7. The molecule has 0 saturated carbocycles. The molecule has 8 heteroatoms. The molecule has 2 fully saturated rings. The molecule has 7 nitrogen and oxygen atoms in total. The minimum Gasteiger partial charge on any atom is -1.00 e. The molecule has 2 heterocycles. The van der Waals surface area contributed by atoms with E-state index in [2.05, 4.69) is 0 Å². The van der Waals surface area contributed by atoms with Crippen LogP contribution in [0.25, 0.3) is 0 Å². The van der Waals surface area contributed by atoms with E-state index in [1.165, 1.54) is 7.11 Å². The maximum atomic E-state index is 10.5. The Balaban J connectivity index is 0.00000169. The number of fused-ring (bicyclic) bond motifs is 1. The van der Waals surface area contributed by atoms with Crippen LogP contribution in [0.15, 0.2) is 30.3 Å². The number of benzene rings is 1. The maximum Gasteiger partial charge on any atom is 1.00 e. The van der Waals surface area contributed by atoms with Crippen LogP contribution in [0.2, 0.25) is 0 Å². The van der Waals surface area contributed by atoms with Crippen molar-refractivity contribution in [2.75, 3.05) is 27.1 Å². The molecule has 2 aliphatic heterocycles. The van der Waals surface area contributed by atoms with Crippen LogP contribution >= 0.6 is 0 Å². The van der Waals surface area contributed by atoms with Gasteiger partial charge in [0.25, 0.3) is 0 Å². The first-order valence-corrected chi connectivity index (χ1v) is 8.12. The maximum absolute atomic E-state index is 10.5. The van der Waals surface area contributed by atoms with Crippen molar-refractivity contribution in [3.8, 4) is 0 Å². The predicted octanol–water partition coefficient (Wildman–Crippen LogP) is -1.67. The van der Waals surface area contributed by atoms with Crippen molar-refractivity contribution in [1.29, 1.82) is 0 Å². The molecule has 0 radical (unpaired) electrons. The Hall–Kier alpha value is -0.0600. The van der Waals surface area contributed by atoms with Gasteiger partial charge in [0.15, 0.2) is 12.6 Å². The third kappa shape index (κ3) is 5.01. The summed E-state index contributed by atoms with van der Waals surface area (Å²) in [5.41, 5.74) is 0.905. The van der Waals surface area contributed by atoms with Crippen molar-refractivity contribution >= 4 is 0 Å². The zero-order valence-corrected chi connectivity index (χ0v) is 16.9. The molecule has 1 aromatic rings. The molecule has 25 heavy (non-hydrogen) atoms. The molecule has 6 atom stereocenters. The second kappa shape index (κ2) is 10.3. The summed E-state index contributed by atoms with van der Waals surface area (Å²) in [6, 6.07) is 9.63. The summed E-state index contributed by atoms with van der Waals surface area (Å²) < 4.78 is 33.7. The SMILES string of the molecule is CCOCO[C@H]1[C@@H]2OC(c3ccccc3)OC[C@H]2OC(OC)[C@H]1O.[H-].[Na+]. The standard InChI is InChI=1S/C17H24O7.Na.H/c1-3-20-10-22-15-13(18)17(19-2)23-12-9-21-16(24-14(12)15)11-7-5-4-6-8-11;;/h4-8,12-18H,3,9-10H2,1-2H3;;/q;+1;-1/t12-,13+,14-,15-,16?,17?;;/m1../s1. The predicted molar refractivity (Wildman–Crippen MR) is 84.2 cm³/mol. The summed E-state index contributed by atoms with van der Waals surface area (Å²) in [6.07, 6.45) is -3.80. The molecule has 1 aromatic carbocycles. The van der Waals surface area contributed by atoms with Crippen molar-refractivity contribution in [2.45, 2.75) is 43.9 Å². The van der Waals surface area contributed by atoms with Crippen LogP contribution in [0.5, 0.6) is 0 Å². The molecular weight excluding hydrogens is 339 g/mol. The quantitative estimate of drug-likeness (QED) is 0.367. The molecule has 2 aliphatic rings. The number of aliphatic hydroxyl groups is 1. The monoisotopic (exact) mass is 364 g/mol. The van der Waals surface area contributed by atoms with Gasteiger partial charge in [-0.2, -0.15) is 0 Å². The van der Waals surface area contributed by atoms with Crippen molar-refractivity contribution in [3.05, 3.63) is 35.9 Å². The minimum atomic E-state index is -0.980. The van der Waals surface area contributed by atoms with Crippen molar-refractivity contribution in [1.82, 2.24) is 0 Å². The molecule has 2 saturated heterocycles. The molecular formula is C17H25NaO7. The molecule has 136 valence electrons. The van der Waals surface area contributed by atoms with E-state index in [1.807, 2.05) is 37.3 Å². The molecule has 0 bridgehead atoms. The third-order valence-electron chi connectivity index (χ3n) is 4.16. The largest absolute Gasteiger partial charge is 1.00 e. The molecule has 1 N–H and O–H groups in total. The van der Waals surface area contributed by atoms with Crippen LogP contribution in [0, 0.1) is 0 Å². The zero-order valence-electron chi connectivity index (χ0n) is 15.9. The van der Waals surface area contributed by atoms with Gasteiger partial charge in [-0.1, -0.05) is 30.3 Å². The number of rotatable bonds is 6. The number of aliphatic hydroxyl groups excluding tert-OH is 1. The average molecular weight is 364 g/mol. The minimum absolute atomic E-state index is 0. The van der Waals surface area contributed by atoms with Crippen molar-refractivity contribution in [3.63, 3.8) is 0 Å². The van der Waals surface area contributed by atoms with Gasteiger partial charge in [-0.15, -0.1) is 0 Å². The second-order valence-electron chi connectivity index (χ2n) is 5.69. The molecule has 0 spiro atoms. The molecule has 2 unspecified atom stereocenters. The summed E-state index contributed by atoms with van der Waals surface area (Å²) in [7, 11) is 1.48. The van der Waals surface area contributed by atoms with Gasteiger partial charge >= 0.3 is 29.6 Å². The van der Waals surface area contributed by atoms with Gasteiger partial charge in [0, 0.05) is 19.3 Å². The Labute approximate surface area is 171 Å². The Morgan fingerprint density at radius 3 is 2.68 bits per heavy atom. The normalized spacial score (nSPS) is 34.8. The van der Waals surface area contributed by atoms with Gasteiger partial charge in [0.1, 0.15) is 31.2 Å². The molecule has 3 rings (SSSR count). The van der Waals surface area contributed by atoms with Gasteiger partial charge in [-0.3, -0.25) is 0 Å². The first kappa shape index (κ1) is 21.2. The van der Waals surface area contributed by atoms with E-state index in [0.29, 0.717) is 13.2 Å². The van der Waals surface area contributed by atoms with E-state index in [9.17, 15) is 5.11 Å². The van der Waals surface area contributed by atoms with Crippen molar-refractivity contribution < 1.29 is 64.5 Å². The first-order valence-electron chi connectivity index (χ1n) is 8.12. The van der Waals surface area contributed by atoms with Crippen LogP contribution < -0.4 is 29.6 Å². The van der Waals surface area contributed by atoms with E-state index < -0.39 is 30.9 Å². The Morgan fingerprint density at radius 2 is 2.00 bits per heavy atom. The summed E-state index contributed by atoms with van der Waals surface area (Å²) >= 11 is 0. The number of hydrogen-bond donors (Lipinski definition) is 1. The fraction of sp³-hybridized carbons (Fsp3) is 0.647. The smallest absolute Gasteiger partial charge is 1.00 e. The second-order valence-corrected chi connectivity index (χ2v) is 5.69. The van der Waals surface area contributed by atoms with Gasteiger partial charge in [-0.05, 0) is 6.92 Å². The van der Waals surface area contributed by atoms with Gasteiger partial charge in [-0.25, -0.2) is 0 Å². The van der Waals surface area contributed by atoms with Crippen molar-refractivity contribution in [2.24, 2.45) is 0 Å². The van der Waals surface area contributed by atoms with Gasteiger partial charge in [0.2, 0.25) is 0 Å². The fourth-order valence-electron chi connectivity index (χ4n) is 2.94. The number of ether oxygens (including phenoxy) is 6. The molecule has 0 aliphatic carbocycles. The average Bonchev–Trinajstić information content (AvgIpc) is 2.63. The van der Waals surface area contributed by atoms with E-state index in [-0.39, 0.29) is 43.9 Å².